The van der Waals surface area contributed by atoms with E-state index in [0.717, 1.165) is 23.2 Å². The maximum absolute atomic E-state index is 12.9. The molecule has 1 amide bonds. The minimum Gasteiger partial charge on any atom is -0.373 e. The van der Waals surface area contributed by atoms with Crippen LogP contribution in [-0.4, -0.2) is 34.2 Å². The van der Waals surface area contributed by atoms with E-state index in [1.54, 1.807) is 11.1 Å². The molecule has 1 aliphatic rings. The molecule has 0 radical (unpaired) electrons. The zero-order valence-electron chi connectivity index (χ0n) is 14.2. The maximum atomic E-state index is 12.9. The molecule has 1 aromatic carbocycles. The van der Waals surface area contributed by atoms with Gasteiger partial charge < -0.3 is 9.64 Å². The lowest BCUT2D eigenvalue weighted by Crippen LogP contribution is -2.34. The van der Waals surface area contributed by atoms with E-state index in [-0.39, 0.29) is 17.9 Å². The number of carbonyl (C=O) groups excluding carboxylic acids is 1. The Hall–Kier alpha value is -1.85. The first-order chi connectivity index (χ1) is 11.5. The number of rotatable bonds is 4. The summed E-state index contributed by atoms with van der Waals surface area (Å²) >= 11 is 6.21. The number of ether oxygens (including phenoxy) is 1. The number of carbonyl (C=O) groups is 1. The van der Waals surface area contributed by atoms with Crippen LogP contribution in [0.3, 0.4) is 0 Å². The van der Waals surface area contributed by atoms with E-state index in [1.165, 1.54) is 0 Å². The molecule has 5 nitrogen and oxygen atoms in total. The lowest BCUT2D eigenvalue weighted by molar-refractivity contribution is -0.136. The molecular weight excluding hydrogens is 326 g/mol. The molecule has 1 saturated heterocycles. The minimum absolute atomic E-state index is 0.0840. The summed E-state index contributed by atoms with van der Waals surface area (Å²) in [5, 5.41) is 4.95. The van der Waals surface area contributed by atoms with Crippen LogP contribution in [-0.2, 0) is 23.1 Å². The van der Waals surface area contributed by atoms with Gasteiger partial charge in [-0.25, -0.2) is 0 Å². The molecule has 2 heterocycles. The van der Waals surface area contributed by atoms with Crippen LogP contribution in [0.4, 0.5) is 0 Å². The molecule has 0 saturated carbocycles. The van der Waals surface area contributed by atoms with E-state index < -0.39 is 0 Å². The minimum atomic E-state index is -0.222. The van der Waals surface area contributed by atoms with Gasteiger partial charge in [-0.05, 0) is 25.0 Å². The number of nitrogens with zero attached hydrogens (tertiary/aromatic N) is 3. The summed E-state index contributed by atoms with van der Waals surface area (Å²) < 4.78 is 7.68. The number of aryl methyl sites for hydroxylation is 1. The van der Waals surface area contributed by atoms with Crippen molar-refractivity contribution in [2.45, 2.75) is 26.0 Å². The molecule has 2 aromatic rings. The van der Waals surface area contributed by atoms with Crippen LogP contribution in [0.15, 0.2) is 30.5 Å². The van der Waals surface area contributed by atoms with E-state index >= 15 is 0 Å². The predicted molar refractivity (Wildman–Crippen MR) is 92.7 cm³/mol. The summed E-state index contributed by atoms with van der Waals surface area (Å²) in [6, 6.07) is 7.61. The summed E-state index contributed by atoms with van der Waals surface area (Å²) in [7, 11) is 3.71. The van der Waals surface area contributed by atoms with Crippen LogP contribution in [0, 0.1) is 12.8 Å². The molecule has 128 valence electrons. The molecule has 0 bridgehead atoms. The zero-order chi connectivity index (χ0) is 17.3. The van der Waals surface area contributed by atoms with Crippen molar-refractivity contribution in [1.82, 2.24) is 14.7 Å². The lowest BCUT2D eigenvalue weighted by Gasteiger charge is -2.24. The van der Waals surface area contributed by atoms with Gasteiger partial charge in [0, 0.05) is 43.5 Å². The van der Waals surface area contributed by atoms with Gasteiger partial charge in [-0.1, -0.05) is 29.8 Å². The molecular formula is C18H22ClN3O2. The van der Waals surface area contributed by atoms with E-state index in [0.29, 0.717) is 18.2 Å². The number of amides is 1. The Morgan fingerprint density at radius 2 is 2.21 bits per heavy atom. The summed E-state index contributed by atoms with van der Waals surface area (Å²) in [5.41, 5.74) is 2.98. The van der Waals surface area contributed by atoms with Crippen LogP contribution < -0.4 is 0 Å². The van der Waals surface area contributed by atoms with E-state index in [2.05, 4.69) is 5.10 Å². The third kappa shape index (κ3) is 3.19. The Morgan fingerprint density at radius 3 is 2.88 bits per heavy atom. The Bertz CT molecular complexity index is 744. The van der Waals surface area contributed by atoms with E-state index in [1.807, 2.05) is 50.0 Å². The van der Waals surface area contributed by atoms with Crippen molar-refractivity contribution in [2.24, 2.45) is 13.0 Å². The van der Waals surface area contributed by atoms with Gasteiger partial charge >= 0.3 is 0 Å². The zero-order valence-corrected chi connectivity index (χ0v) is 15.0. The molecule has 0 aliphatic carbocycles. The van der Waals surface area contributed by atoms with Crippen molar-refractivity contribution >= 4 is 17.5 Å². The first-order valence-electron chi connectivity index (χ1n) is 8.07. The second-order valence-electron chi connectivity index (χ2n) is 6.28. The fourth-order valence-corrected chi connectivity index (χ4v) is 3.38. The van der Waals surface area contributed by atoms with Gasteiger partial charge in [0.25, 0.3) is 0 Å². The van der Waals surface area contributed by atoms with Crippen LogP contribution in [0.5, 0.6) is 0 Å². The topological polar surface area (TPSA) is 47.4 Å². The quantitative estimate of drug-likeness (QED) is 0.853. The van der Waals surface area contributed by atoms with Crippen molar-refractivity contribution in [3.8, 4) is 0 Å². The smallest absolute Gasteiger partial charge is 0.228 e. The summed E-state index contributed by atoms with van der Waals surface area (Å²) in [6.07, 6.45) is 2.31. The molecule has 1 aromatic heterocycles. The summed E-state index contributed by atoms with van der Waals surface area (Å²) in [5.74, 6) is -0.0962. The summed E-state index contributed by atoms with van der Waals surface area (Å²) in [4.78, 5) is 14.7. The standard InChI is InChI=1S/C18H22ClN3O2/c1-12-15(10-20-22(12)3)17-14(8-9-24-17)18(23)21(2)11-13-6-4-5-7-16(13)19/h4-7,10,14,17H,8-9,11H2,1-3H3/t14-,17-/m0/s1. The molecule has 2 atom stereocenters. The molecule has 3 rings (SSSR count). The third-order valence-corrected chi connectivity index (χ3v) is 5.10. The van der Waals surface area contributed by atoms with Crippen molar-refractivity contribution in [2.75, 3.05) is 13.7 Å². The molecule has 1 aliphatic heterocycles. The van der Waals surface area contributed by atoms with Gasteiger partial charge in [0.15, 0.2) is 0 Å². The molecule has 1 fully saturated rings. The third-order valence-electron chi connectivity index (χ3n) is 4.73. The highest BCUT2D eigenvalue weighted by Gasteiger charge is 2.38. The van der Waals surface area contributed by atoms with Crippen LogP contribution in [0.1, 0.15) is 29.3 Å². The van der Waals surface area contributed by atoms with Crippen LogP contribution in [0.25, 0.3) is 0 Å². The lowest BCUT2D eigenvalue weighted by atomic mass is 9.94. The Morgan fingerprint density at radius 1 is 1.46 bits per heavy atom. The molecule has 24 heavy (non-hydrogen) atoms. The van der Waals surface area contributed by atoms with Gasteiger partial charge in [0.05, 0.1) is 18.2 Å². The van der Waals surface area contributed by atoms with Gasteiger partial charge in [0.2, 0.25) is 5.91 Å². The molecule has 0 N–H and O–H groups in total. The van der Waals surface area contributed by atoms with Crippen molar-refractivity contribution in [3.05, 3.63) is 52.3 Å². The highest BCUT2D eigenvalue weighted by atomic mass is 35.5. The highest BCUT2D eigenvalue weighted by Crippen LogP contribution is 2.37. The highest BCUT2D eigenvalue weighted by molar-refractivity contribution is 6.31. The predicted octanol–water partition coefficient (Wildman–Crippen LogP) is 3.12. The van der Waals surface area contributed by atoms with Crippen molar-refractivity contribution in [1.29, 1.82) is 0 Å². The average Bonchev–Trinajstić information content (AvgIpc) is 3.16. The normalized spacial score (nSPS) is 20.3. The van der Waals surface area contributed by atoms with Crippen LogP contribution in [0.2, 0.25) is 5.02 Å². The van der Waals surface area contributed by atoms with Crippen LogP contribution >= 0.6 is 11.6 Å². The first-order valence-corrected chi connectivity index (χ1v) is 8.45. The number of benzene rings is 1. The second kappa shape index (κ2) is 6.95. The molecule has 6 heteroatoms. The largest absolute Gasteiger partial charge is 0.373 e. The SMILES string of the molecule is Cc1c([C@H]2OCC[C@@H]2C(=O)N(C)Cc2ccccc2Cl)cnn1C. The van der Waals surface area contributed by atoms with Gasteiger partial charge in [-0.15, -0.1) is 0 Å². The average molecular weight is 348 g/mol. The number of hydrogen-bond donors (Lipinski definition) is 0. The maximum Gasteiger partial charge on any atom is 0.228 e. The molecule has 0 unspecified atom stereocenters. The monoisotopic (exact) mass is 347 g/mol. The Kier molecular flexibility index (Phi) is 4.92. The number of halogens is 1. The first kappa shape index (κ1) is 17.0. The van der Waals surface area contributed by atoms with Crippen molar-refractivity contribution in [3.63, 3.8) is 0 Å². The van der Waals surface area contributed by atoms with Gasteiger partial charge in [-0.3, -0.25) is 9.48 Å². The number of aromatic nitrogens is 2. The van der Waals surface area contributed by atoms with E-state index in [9.17, 15) is 4.79 Å². The van der Waals surface area contributed by atoms with E-state index in [4.69, 9.17) is 16.3 Å². The van der Waals surface area contributed by atoms with Crippen molar-refractivity contribution < 1.29 is 9.53 Å². The second-order valence-corrected chi connectivity index (χ2v) is 6.69. The van der Waals surface area contributed by atoms with Gasteiger partial charge in [-0.2, -0.15) is 5.10 Å². The summed E-state index contributed by atoms with van der Waals surface area (Å²) in [6.45, 7) is 3.09. The fourth-order valence-electron chi connectivity index (χ4n) is 3.19. The number of hydrogen-bond acceptors (Lipinski definition) is 3. The van der Waals surface area contributed by atoms with Gasteiger partial charge in [0.1, 0.15) is 0 Å². The molecule has 0 spiro atoms. The Labute approximate surface area is 147 Å². The Balaban J connectivity index is 1.76. The fraction of sp³-hybridized carbons (Fsp3) is 0.444.